The highest BCUT2D eigenvalue weighted by atomic mass is 15.0. The maximum absolute atomic E-state index is 5.08. The van der Waals surface area contributed by atoms with Gasteiger partial charge in [0.05, 0.1) is 33.5 Å². The molecule has 0 bridgehead atoms. The number of aryl methyl sites for hydroxylation is 1. The quantitative estimate of drug-likeness (QED) is 0.161. The van der Waals surface area contributed by atoms with Crippen LogP contribution in [0.3, 0.4) is 0 Å². The molecule has 3 heterocycles. The van der Waals surface area contributed by atoms with Gasteiger partial charge in [-0.25, -0.2) is 9.97 Å². The molecule has 0 aliphatic carbocycles. The predicted molar refractivity (Wildman–Crippen MR) is 263 cm³/mol. The summed E-state index contributed by atoms with van der Waals surface area (Å²) in [6, 6.07) is 80.3. The van der Waals surface area contributed by atoms with Crippen molar-refractivity contribution >= 4 is 43.6 Å². The van der Waals surface area contributed by atoms with Gasteiger partial charge in [-0.1, -0.05) is 170 Å². The molecule has 9 aromatic carbocycles. The normalized spacial score (nSPS) is 11.6. The lowest BCUT2D eigenvalue weighted by Gasteiger charge is -2.13. The average molecular weight is 805 g/mol. The second kappa shape index (κ2) is 15.0. The molecule has 0 aliphatic heterocycles. The van der Waals surface area contributed by atoms with E-state index in [0.29, 0.717) is 0 Å². The molecule has 12 aromatic rings. The molecule has 3 aromatic heterocycles. The van der Waals surface area contributed by atoms with E-state index in [9.17, 15) is 0 Å². The van der Waals surface area contributed by atoms with Crippen LogP contribution < -0.4 is 0 Å². The Balaban J connectivity index is 0.848. The number of hydrogen-bond donors (Lipinski definition) is 0. The molecule has 0 radical (unpaired) electrons. The molecule has 0 fully saturated rings. The van der Waals surface area contributed by atoms with Crippen LogP contribution >= 0.6 is 0 Å². The minimum Gasteiger partial charge on any atom is -0.309 e. The smallest absolute Gasteiger partial charge is 0.160 e. The molecular formula is C59H40N4. The highest BCUT2D eigenvalue weighted by molar-refractivity contribution is 6.12. The van der Waals surface area contributed by atoms with Crippen molar-refractivity contribution < 1.29 is 0 Å². The first kappa shape index (κ1) is 36.5. The second-order valence-electron chi connectivity index (χ2n) is 16.3. The molecule has 0 unspecified atom stereocenters. The van der Waals surface area contributed by atoms with Crippen LogP contribution in [0.1, 0.15) is 5.56 Å². The molecule has 0 N–H and O–H groups in total. The Morgan fingerprint density at radius 3 is 1.35 bits per heavy atom. The van der Waals surface area contributed by atoms with E-state index in [2.05, 4.69) is 216 Å². The standard InChI is InChI=1S/C59H40N4/c1-39-36-45(30-34-48(39)54-38-53(43-14-4-2-5-15-43)60-59(61-54)44-16-6-3-7-17-44)42-26-24-40(25-27-42)41-28-31-46(32-29-41)62-57-23-13-10-20-51(57)52-37-47(33-35-58(52)62)63-55-21-11-8-18-49(55)50-19-9-12-22-56(50)63/h2-38H,1H3. The number of nitrogens with zero attached hydrogens (tertiary/aromatic N) is 4. The lowest BCUT2D eigenvalue weighted by atomic mass is 9.96. The number of hydrogen-bond acceptors (Lipinski definition) is 2. The van der Waals surface area contributed by atoms with Crippen molar-refractivity contribution in [1.29, 1.82) is 0 Å². The lowest BCUT2D eigenvalue weighted by molar-refractivity contribution is 1.17. The van der Waals surface area contributed by atoms with E-state index < -0.39 is 0 Å². The molecule has 63 heavy (non-hydrogen) atoms. The van der Waals surface area contributed by atoms with Gasteiger partial charge in [-0.15, -0.1) is 0 Å². The maximum atomic E-state index is 5.08. The Labute approximate surface area is 365 Å². The summed E-state index contributed by atoms with van der Waals surface area (Å²) < 4.78 is 4.79. The summed E-state index contributed by atoms with van der Waals surface area (Å²) >= 11 is 0. The van der Waals surface area contributed by atoms with Gasteiger partial charge in [0.25, 0.3) is 0 Å². The summed E-state index contributed by atoms with van der Waals surface area (Å²) in [7, 11) is 0. The Hall–Kier alpha value is -8.34. The molecule has 0 amide bonds. The van der Waals surface area contributed by atoms with Crippen molar-refractivity contribution in [3.8, 4) is 67.5 Å². The van der Waals surface area contributed by atoms with Gasteiger partial charge in [-0.3, -0.25) is 0 Å². The summed E-state index contributed by atoms with van der Waals surface area (Å²) in [4.78, 5) is 10.1. The molecule has 4 nitrogen and oxygen atoms in total. The first-order valence-electron chi connectivity index (χ1n) is 21.5. The molecule has 0 saturated carbocycles. The molecule has 0 aliphatic rings. The SMILES string of the molecule is Cc1cc(-c2ccc(-c3ccc(-n4c5ccccc5c5cc(-n6c7ccccc7c7ccccc76)ccc54)cc3)cc2)ccc1-c1cc(-c2ccccc2)nc(-c2ccccc2)n1. The van der Waals surface area contributed by atoms with Gasteiger partial charge in [0.2, 0.25) is 0 Å². The maximum Gasteiger partial charge on any atom is 0.160 e. The van der Waals surface area contributed by atoms with Crippen LogP contribution in [0.5, 0.6) is 0 Å². The zero-order valence-corrected chi connectivity index (χ0v) is 34.7. The van der Waals surface area contributed by atoms with Crippen molar-refractivity contribution in [1.82, 2.24) is 19.1 Å². The fourth-order valence-corrected chi connectivity index (χ4v) is 9.43. The zero-order valence-electron chi connectivity index (χ0n) is 34.7. The summed E-state index contributed by atoms with van der Waals surface area (Å²) in [5.74, 6) is 0.721. The first-order chi connectivity index (χ1) is 31.1. The minimum atomic E-state index is 0.721. The van der Waals surface area contributed by atoms with Crippen LogP contribution in [0.15, 0.2) is 224 Å². The molecule has 4 heteroatoms. The Kier molecular flexibility index (Phi) is 8.68. The molecule has 0 atom stereocenters. The highest BCUT2D eigenvalue weighted by Crippen LogP contribution is 2.38. The van der Waals surface area contributed by atoms with E-state index in [1.165, 1.54) is 65.9 Å². The number of fused-ring (bicyclic) bond motifs is 6. The fourth-order valence-electron chi connectivity index (χ4n) is 9.43. The Morgan fingerprint density at radius 2 is 0.746 bits per heavy atom. The molecular weight excluding hydrogens is 765 g/mol. The van der Waals surface area contributed by atoms with Crippen molar-refractivity contribution in [2.45, 2.75) is 6.92 Å². The highest BCUT2D eigenvalue weighted by Gasteiger charge is 2.17. The van der Waals surface area contributed by atoms with Gasteiger partial charge in [0, 0.05) is 49.6 Å². The summed E-state index contributed by atoms with van der Waals surface area (Å²) in [6.07, 6.45) is 0. The number of benzene rings is 9. The van der Waals surface area contributed by atoms with E-state index in [-0.39, 0.29) is 0 Å². The van der Waals surface area contributed by atoms with Gasteiger partial charge in [0.15, 0.2) is 5.82 Å². The van der Waals surface area contributed by atoms with Crippen LogP contribution in [0.25, 0.3) is 111 Å². The van der Waals surface area contributed by atoms with Gasteiger partial charge in [-0.05, 0) is 89.3 Å². The largest absolute Gasteiger partial charge is 0.309 e. The number of para-hydroxylation sites is 3. The van der Waals surface area contributed by atoms with E-state index in [1.54, 1.807) is 0 Å². The average Bonchev–Trinajstić information content (AvgIpc) is 3.87. The molecule has 296 valence electrons. The third-order valence-electron chi connectivity index (χ3n) is 12.5. The monoisotopic (exact) mass is 804 g/mol. The van der Waals surface area contributed by atoms with Crippen molar-refractivity contribution in [2.24, 2.45) is 0 Å². The lowest BCUT2D eigenvalue weighted by Crippen LogP contribution is -1.97. The minimum absolute atomic E-state index is 0.721. The van der Waals surface area contributed by atoms with E-state index in [0.717, 1.165) is 50.8 Å². The Morgan fingerprint density at radius 1 is 0.302 bits per heavy atom. The Bertz CT molecular complexity index is 3540. The summed E-state index contributed by atoms with van der Waals surface area (Å²) in [6.45, 7) is 2.17. The van der Waals surface area contributed by atoms with E-state index in [1.807, 2.05) is 24.3 Å². The van der Waals surface area contributed by atoms with Crippen molar-refractivity contribution in [3.05, 3.63) is 230 Å². The zero-order chi connectivity index (χ0) is 41.9. The van der Waals surface area contributed by atoms with Crippen LogP contribution in [0, 0.1) is 6.92 Å². The van der Waals surface area contributed by atoms with Gasteiger partial charge < -0.3 is 9.13 Å². The summed E-state index contributed by atoms with van der Waals surface area (Å²) in [5, 5.41) is 5.01. The van der Waals surface area contributed by atoms with Crippen molar-refractivity contribution in [3.63, 3.8) is 0 Å². The third kappa shape index (κ3) is 6.31. The number of aromatic nitrogens is 4. The van der Waals surface area contributed by atoms with E-state index >= 15 is 0 Å². The number of rotatable bonds is 7. The van der Waals surface area contributed by atoms with Gasteiger partial charge in [-0.2, -0.15) is 0 Å². The van der Waals surface area contributed by atoms with Crippen LogP contribution in [-0.2, 0) is 0 Å². The van der Waals surface area contributed by atoms with Crippen molar-refractivity contribution in [2.75, 3.05) is 0 Å². The fraction of sp³-hybridized carbons (Fsp3) is 0.0169. The van der Waals surface area contributed by atoms with Crippen LogP contribution in [0.2, 0.25) is 0 Å². The molecule has 0 saturated heterocycles. The predicted octanol–water partition coefficient (Wildman–Crippen LogP) is 15.3. The van der Waals surface area contributed by atoms with Crippen LogP contribution in [0.4, 0.5) is 0 Å². The third-order valence-corrected chi connectivity index (χ3v) is 12.5. The van der Waals surface area contributed by atoms with Gasteiger partial charge in [0.1, 0.15) is 0 Å². The molecule has 12 rings (SSSR count). The summed E-state index contributed by atoms with van der Waals surface area (Å²) in [5.41, 5.74) is 18.0. The second-order valence-corrected chi connectivity index (χ2v) is 16.3. The van der Waals surface area contributed by atoms with Crippen LogP contribution in [-0.4, -0.2) is 19.1 Å². The first-order valence-corrected chi connectivity index (χ1v) is 21.5. The van der Waals surface area contributed by atoms with E-state index in [4.69, 9.17) is 9.97 Å². The topological polar surface area (TPSA) is 35.6 Å². The molecule has 0 spiro atoms. The van der Waals surface area contributed by atoms with Gasteiger partial charge >= 0.3 is 0 Å².